The number of esters is 1. The van der Waals surface area contributed by atoms with Crippen LogP contribution in [0.2, 0.25) is 5.02 Å². The summed E-state index contributed by atoms with van der Waals surface area (Å²) in [6, 6.07) is 12.4. The molecule has 23 heteroatoms. The maximum absolute atomic E-state index is 17.9. The number of pyridine rings is 2. The lowest BCUT2D eigenvalue weighted by Gasteiger charge is -2.42. The molecule has 446 valence electrons. The van der Waals surface area contributed by atoms with Crippen LogP contribution in [0.5, 0.6) is 11.8 Å². The number of benzene rings is 3. The van der Waals surface area contributed by atoms with Crippen molar-refractivity contribution in [2.45, 2.75) is 141 Å². The molecule has 6 atom stereocenters. The number of nitrogens with one attached hydrogen (secondary N) is 1. The van der Waals surface area contributed by atoms with Gasteiger partial charge in [0.1, 0.15) is 65.1 Å². The van der Waals surface area contributed by atoms with Crippen LogP contribution >= 0.6 is 22.9 Å². The highest BCUT2D eigenvalue weighted by Crippen LogP contribution is 2.49. The second kappa shape index (κ2) is 21.0. The van der Waals surface area contributed by atoms with Crippen LogP contribution in [0.3, 0.4) is 0 Å². The van der Waals surface area contributed by atoms with Gasteiger partial charge in [0.25, 0.3) is 11.5 Å². The van der Waals surface area contributed by atoms with Gasteiger partial charge in [-0.1, -0.05) is 38.1 Å². The van der Waals surface area contributed by atoms with Gasteiger partial charge < -0.3 is 38.4 Å². The predicted octanol–water partition coefficient (Wildman–Crippen LogP) is 10.8. The molecule has 0 aliphatic carbocycles. The van der Waals surface area contributed by atoms with Crippen LogP contribution in [0.1, 0.15) is 108 Å². The van der Waals surface area contributed by atoms with Gasteiger partial charge in [0.05, 0.1) is 61.9 Å². The molecule has 2 N–H and O–H groups in total. The summed E-state index contributed by atoms with van der Waals surface area (Å²) in [7, 11) is 0. The first kappa shape index (κ1) is 57.2. The van der Waals surface area contributed by atoms with Crippen molar-refractivity contribution < 1.29 is 51.6 Å². The summed E-state index contributed by atoms with van der Waals surface area (Å²) in [5.74, 6) is -1.93. The molecule has 2 amide bonds. The van der Waals surface area contributed by atoms with Crippen LogP contribution in [0.15, 0.2) is 59.4 Å². The summed E-state index contributed by atoms with van der Waals surface area (Å²) in [5, 5.41) is 25.4. The molecule has 86 heavy (non-hydrogen) atoms. The summed E-state index contributed by atoms with van der Waals surface area (Å²) in [6.07, 6.45) is 1.04. The number of nitriles is 1. The highest BCUT2D eigenvalue weighted by atomic mass is 35.5. The Morgan fingerprint density at radius 3 is 2.53 bits per heavy atom. The van der Waals surface area contributed by atoms with E-state index in [1.807, 2.05) is 28.9 Å². The largest absolute Gasteiger partial charge is 0.486 e. The molecule has 3 unspecified atom stereocenters. The average Bonchev–Trinajstić information content (AvgIpc) is 1.51. The van der Waals surface area contributed by atoms with Crippen LogP contribution in [-0.4, -0.2) is 121 Å². The number of hydrogen-bond acceptors (Lipinski definition) is 16. The fourth-order valence-electron chi connectivity index (χ4n) is 14.0. The number of aryl methyl sites for hydroxylation is 1. The molecule has 3 aromatic carbocycles. The van der Waals surface area contributed by atoms with E-state index in [-0.39, 0.29) is 146 Å². The molecule has 6 aliphatic heterocycles. The summed E-state index contributed by atoms with van der Waals surface area (Å²) < 4.78 is 73.9. The molecule has 4 aromatic heterocycles. The van der Waals surface area contributed by atoms with Crippen molar-refractivity contribution in [1.29, 1.82) is 5.26 Å². The minimum absolute atomic E-state index is 0.00291. The van der Waals surface area contributed by atoms with Crippen LogP contribution < -0.4 is 25.2 Å². The molecule has 4 fully saturated rings. The van der Waals surface area contributed by atoms with Crippen LogP contribution in [0.25, 0.3) is 54.4 Å². The number of carbonyl (C=O) groups is 3. The zero-order valence-corrected chi connectivity index (χ0v) is 49.7. The zero-order chi connectivity index (χ0) is 60.6. The van der Waals surface area contributed by atoms with Gasteiger partial charge in [0, 0.05) is 64.5 Å². The number of fused-ring (bicyclic) bond motifs is 10. The van der Waals surface area contributed by atoms with Crippen LogP contribution in [0.4, 0.5) is 28.8 Å². The number of aliphatic hydroxyl groups is 1. The third kappa shape index (κ3) is 9.21. The lowest BCUT2D eigenvalue weighted by atomic mass is 9.86. The summed E-state index contributed by atoms with van der Waals surface area (Å²) in [4.78, 5) is 74.9. The number of amides is 2. The predicted molar refractivity (Wildman–Crippen MR) is 317 cm³/mol. The average molecular weight is 1210 g/mol. The number of rotatable bonds is 12. The number of piperazine rings is 1. The van der Waals surface area contributed by atoms with Crippen LogP contribution in [0, 0.1) is 23.0 Å². The Morgan fingerprint density at radius 1 is 1.05 bits per heavy atom. The van der Waals surface area contributed by atoms with Gasteiger partial charge in [-0.2, -0.15) is 15.2 Å². The first-order valence-electron chi connectivity index (χ1n) is 29.0. The van der Waals surface area contributed by atoms with Crippen molar-refractivity contribution in [3.05, 3.63) is 109 Å². The number of cyclic esters (lactones) is 1. The quantitative estimate of drug-likeness (QED) is 0.0860. The van der Waals surface area contributed by atoms with E-state index in [1.165, 1.54) is 12.1 Å². The molecule has 13 rings (SSSR count). The topological polar surface area (TPSA) is 215 Å². The second-order valence-electron chi connectivity index (χ2n) is 24.3. The van der Waals surface area contributed by atoms with Gasteiger partial charge in [-0.25, -0.2) is 27.7 Å². The van der Waals surface area contributed by atoms with E-state index in [9.17, 15) is 33.9 Å². The minimum Gasteiger partial charge on any atom is -0.486 e. The zero-order valence-electron chi connectivity index (χ0n) is 48.2. The molecule has 4 saturated heterocycles. The standard InChI is InChI=1S/C63H61ClF3N9O9S/c1-8-36-38-19-35(13-16-46(38)69-51-41(36)27-75-47(51)21-43-42(57(75)78)28-82-58(79)63(43,81)9-2)84-31(4)30(3)56(77)76-33-11-12-34(76)26-73(25-33)54-39-20-44(64)49(50(67)52(39)70-59(71-54)83-29-62-17-10-18-74(62)24-32(65)22-62)37-14-15-45(66)53-48(37)40(23-68)55(86-53)72-60(80)85-61(5,6)7/h13-16,19-21,31-34,81H,3,8-12,17-18,22,24-29H2,1-2,4-7H3,(H,72,80)/t31?,32-,33?,34?,62+,63+/m1/s1. The number of alkyl halides is 1. The van der Waals surface area contributed by atoms with Crippen molar-refractivity contribution in [3.8, 4) is 40.3 Å². The Kier molecular flexibility index (Phi) is 13.9. The number of thiophene rings is 1. The Hall–Kier alpha value is -7.84. The fourth-order valence-corrected chi connectivity index (χ4v) is 15.3. The molecule has 0 spiro atoms. The van der Waals surface area contributed by atoms with E-state index >= 15 is 8.78 Å². The monoisotopic (exact) mass is 1210 g/mol. The van der Waals surface area contributed by atoms with Crippen LogP contribution in [-0.2, 0) is 44.2 Å². The maximum Gasteiger partial charge on any atom is 0.412 e. The normalized spacial score (nSPS) is 22.6. The Morgan fingerprint density at radius 2 is 1.81 bits per heavy atom. The van der Waals surface area contributed by atoms with E-state index in [0.29, 0.717) is 60.7 Å². The molecular weight excluding hydrogens is 1150 g/mol. The number of hydrogen-bond donors (Lipinski definition) is 2. The van der Waals surface area contributed by atoms with E-state index < -0.39 is 52.7 Å². The Balaban J connectivity index is 0.789. The third-order valence-electron chi connectivity index (χ3n) is 18.1. The van der Waals surface area contributed by atoms with Gasteiger partial charge >= 0.3 is 18.1 Å². The van der Waals surface area contributed by atoms with E-state index in [0.717, 1.165) is 40.3 Å². The maximum atomic E-state index is 17.9. The second-order valence-corrected chi connectivity index (χ2v) is 25.7. The van der Waals surface area contributed by atoms with Crippen molar-refractivity contribution in [2.24, 2.45) is 0 Å². The SMILES string of the molecule is C=C(C(=O)N1C2CCC1CN(c1nc(OC[C@@]34CCCN3C[C@H](F)C4)nc3c(F)c(-c4ccc(F)c5sc(NC(=O)OC(C)(C)C)c(C#N)c45)c(Cl)cc13)C2)C(C)Oc1ccc2nc3c(c(CC)c2c1)Cn1c-3cc2c(c1=O)COC(=O)[C@]2(O)CC. The van der Waals surface area contributed by atoms with E-state index in [4.69, 9.17) is 40.5 Å². The number of carbonyl (C=O) groups excluding carboxylic acids is 3. The van der Waals surface area contributed by atoms with Crippen molar-refractivity contribution in [3.63, 3.8) is 0 Å². The van der Waals surface area contributed by atoms with Gasteiger partial charge in [-0.3, -0.25) is 19.8 Å². The first-order chi connectivity index (χ1) is 41.0. The molecule has 0 radical (unpaired) electrons. The molecule has 6 aliphatic rings. The lowest BCUT2D eigenvalue weighted by Crippen LogP contribution is -2.57. The highest BCUT2D eigenvalue weighted by Gasteiger charge is 2.50. The van der Waals surface area contributed by atoms with Gasteiger partial charge in [0.2, 0.25) is 0 Å². The summed E-state index contributed by atoms with van der Waals surface area (Å²) in [5.41, 5.74) is 0.0500. The Bertz CT molecular complexity index is 4210. The summed E-state index contributed by atoms with van der Waals surface area (Å²) >= 11 is 7.94. The van der Waals surface area contributed by atoms with E-state index in [2.05, 4.69) is 27.8 Å². The Labute approximate surface area is 501 Å². The smallest absolute Gasteiger partial charge is 0.412 e. The number of ether oxygens (including phenoxy) is 4. The summed E-state index contributed by atoms with van der Waals surface area (Å²) in [6.45, 7) is 16.3. The van der Waals surface area contributed by atoms with Crippen molar-refractivity contribution in [1.82, 2.24) is 29.3 Å². The van der Waals surface area contributed by atoms with Gasteiger partial charge in [0.15, 0.2) is 11.4 Å². The highest BCUT2D eigenvalue weighted by molar-refractivity contribution is 7.23. The molecule has 0 saturated carbocycles. The van der Waals surface area contributed by atoms with Gasteiger partial charge in [-0.05, 0) is 120 Å². The van der Waals surface area contributed by atoms with Gasteiger partial charge in [-0.15, -0.1) is 11.3 Å². The van der Waals surface area contributed by atoms with Crippen molar-refractivity contribution >= 4 is 83.6 Å². The molecule has 7 aromatic rings. The third-order valence-corrected chi connectivity index (χ3v) is 19.5. The fraction of sp³-hybridized carbons (Fsp3) is 0.429. The molecule has 2 bridgehead atoms. The van der Waals surface area contributed by atoms with E-state index in [1.54, 1.807) is 51.3 Å². The van der Waals surface area contributed by atoms with Crippen molar-refractivity contribution in [2.75, 3.05) is 43.0 Å². The number of anilines is 2. The molecule has 10 heterocycles. The molecular formula is C63H61ClF3N9O9S. The number of nitrogens with zero attached hydrogens (tertiary/aromatic N) is 8. The minimum atomic E-state index is -1.95. The number of aromatic nitrogens is 4. The first-order valence-corrected chi connectivity index (χ1v) is 30.2. The number of halogens is 4. The lowest BCUT2D eigenvalue weighted by molar-refractivity contribution is -0.172. The molecule has 18 nitrogen and oxygen atoms in total.